The maximum Gasteiger partial charge on any atom is 0.187 e. The van der Waals surface area contributed by atoms with Crippen molar-refractivity contribution < 1.29 is 79.9 Å². The van der Waals surface area contributed by atoms with Crippen molar-refractivity contribution in [3.63, 3.8) is 0 Å². The van der Waals surface area contributed by atoms with Crippen LogP contribution in [0.15, 0.2) is 0 Å². The molecule has 3 fully saturated rings. The van der Waals surface area contributed by atoms with E-state index >= 15 is 0 Å². The largest absolute Gasteiger partial charge is 0.394 e. The average molecular weight is 504 g/mol. The molecule has 0 unspecified atom stereocenters. The second-order valence-electron chi connectivity index (χ2n) is 8.33. The fourth-order valence-corrected chi connectivity index (χ4v) is 4.05. The summed E-state index contributed by atoms with van der Waals surface area (Å²) in [5, 5.41) is 109. The summed E-state index contributed by atoms with van der Waals surface area (Å²) in [6.45, 7) is -2.34. The Morgan fingerprint density at radius 3 is 1.50 bits per heavy atom. The Morgan fingerprint density at radius 1 is 0.441 bits per heavy atom. The molecular weight excluding hydrogens is 472 g/mol. The molecule has 16 nitrogen and oxygen atoms in total. The van der Waals surface area contributed by atoms with Crippen LogP contribution in [-0.2, 0) is 23.7 Å². The Balaban J connectivity index is 1.78. The first kappa shape index (κ1) is 27.9. The molecule has 0 bridgehead atoms. The van der Waals surface area contributed by atoms with Gasteiger partial charge < -0.3 is 79.9 Å². The predicted molar refractivity (Wildman–Crippen MR) is 101 cm³/mol. The minimum atomic E-state index is -1.90. The smallest absolute Gasteiger partial charge is 0.187 e. The van der Waals surface area contributed by atoms with E-state index in [1.807, 2.05) is 0 Å². The molecule has 0 spiro atoms. The third-order valence-electron chi connectivity index (χ3n) is 6.09. The van der Waals surface area contributed by atoms with Crippen LogP contribution in [-0.4, -0.2) is 168 Å². The van der Waals surface area contributed by atoms with E-state index in [1.54, 1.807) is 0 Å². The van der Waals surface area contributed by atoms with Crippen LogP contribution in [0.1, 0.15) is 0 Å². The first-order valence-electron chi connectivity index (χ1n) is 10.6. The Bertz CT molecular complexity index is 637. The summed E-state index contributed by atoms with van der Waals surface area (Å²) >= 11 is 0. The van der Waals surface area contributed by atoms with Gasteiger partial charge in [-0.2, -0.15) is 0 Å². The van der Waals surface area contributed by atoms with Gasteiger partial charge in [0.2, 0.25) is 0 Å². The Kier molecular flexibility index (Phi) is 9.54. The molecule has 3 rings (SSSR count). The molecule has 11 N–H and O–H groups in total. The van der Waals surface area contributed by atoms with Crippen molar-refractivity contribution in [2.45, 2.75) is 92.1 Å². The molecule has 0 aromatic rings. The van der Waals surface area contributed by atoms with Crippen molar-refractivity contribution >= 4 is 0 Å². The molecular formula is C18H32O16. The lowest BCUT2D eigenvalue weighted by Crippen LogP contribution is -2.66. The van der Waals surface area contributed by atoms with Crippen LogP contribution in [0.5, 0.6) is 0 Å². The summed E-state index contributed by atoms with van der Waals surface area (Å²) in [4.78, 5) is 0. The molecule has 0 radical (unpaired) electrons. The molecule has 3 saturated heterocycles. The lowest BCUT2D eigenvalue weighted by molar-refractivity contribution is -0.378. The minimum absolute atomic E-state index is 0.759. The van der Waals surface area contributed by atoms with Crippen LogP contribution in [0.2, 0.25) is 0 Å². The molecule has 3 aliphatic heterocycles. The number of aliphatic hydroxyl groups is 11. The van der Waals surface area contributed by atoms with Gasteiger partial charge in [0.05, 0.1) is 19.8 Å². The molecule has 0 aromatic heterocycles. The van der Waals surface area contributed by atoms with Gasteiger partial charge in [-0.1, -0.05) is 0 Å². The number of hydrogen-bond donors (Lipinski definition) is 11. The fourth-order valence-electron chi connectivity index (χ4n) is 4.05. The lowest BCUT2D eigenvalue weighted by atomic mass is 9.96. The maximum absolute atomic E-state index is 10.8. The van der Waals surface area contributed by atoms with E-state index in [9.17, 15) is 56.2 Å². The standard InChI is InChI=1S/C18H32O16/c19-1-4-7(22)9(24)12(27)17(31-4)34-15-8(23)5(2-20)32-18(13(15)28)33-14-6(3-21)30-16(29)11(26)10(14)25/h4-29H,1-3H2/t4-,5-,6-,7-,8+,9+,10-,11-,12-,13-,14-,15+,16+,17-,18+/m1/s1. The van der Waals surface area contributed by atoms with Crippen molar-refractivity contribution in [3.05, 3.63) is 0 Å². The number of rotatable bonds is 7. The third kappa shape index (κ3) is 5.37. The molecule has 3 heterocycles. The first-order chi connectivity index (χ1) is 16.0. The monoisotopic (exact) mass is 504 g/mol. The number of aliphatic hydroxyl groups excluding tert-OH is 11. The third-order valence-corrected chi connectivity index (χ3v) is 6.09. The van der Waals surface area contributed by atoms with Crippen LogP contribution in [0, 0.1) is 0 Å². The van der Waals surface area contributed by atoms with Crippen molar-refractivity contribution in [3.8, 4) is 0 Å². The van der Waals surface area contributed by atoms with Crippen LogP contribution in [0.25, 0.3) is 0 Å². The molecule has 0 saturated carbocycles. The quantitative estimate of drug-likeness (QED) is 0.154. The fraction of sp³-hybridized carbons (Fsp3) is 1.00. The average Bonchev–Trinajstić information content (AvgIpc) is 2.83. The summed E-state index contributed by atoms with van der Waals surface area (Å²) < 4.78 is 26.4. The molecule has 0 aliphatic carbocycles. The van der Waals surface area contributed by atoms with E-state index in [0.29, 0.717) is 0 Å². The van der Waals surface area contributed by atoms with Gasteiger partial charge in [-0.25, -0.2) is 0 Å². The van der Waals surface area contributed by atoms with Gasteiger partial charge in [0.1, 0.15) is 73.2 Å². The highest BCUT2D eigenvalue weighted by Gasteiger charge is 2.53. The van der Waals surface area contributed by atoms with Gasteiger partial charge >= 0.3 is 0 Å². The number of hydrogen-bond acceptors (Lipinski definition) is 16. The SMILES string of the molecule is OC[C@H]1O[C@@H](O[C@H]2[C@H](O)[C@@H](O)[C@@H](O)O[C@@H]2CO)[C@H](O)[C@@H](O[C@H]2O[C@H](CO)[C@@H](O)[C@H](O)[C@H]2O)[C@H]1O. The van der Waals surface area contributed by atoms with Gasteiger partial charge in [0, 0.05) is 0 Å². The van der Waals surface area contributed by atoms with Gasteiger partial charge in [0.15, 0.2) is 18.9 Å². The van der Waals surface area contributed by atoms with Crippen LogP contribution >= 0.6 is 0 Å². The topological polar surface area (TPSA) is 269 Å². The van der Waals surface area contributed by atoms with E-state index in [0.717, 1.165) is 0 Å². The van der Waals surface area contributed by atoms with Crippen LogP contribution in [0.4, 0.5) is 0 Å². The highest BCUT2D eigenvalue weighted by atomic mass is 16.7. The lowest BCUT2D eigenvalue weighted by Gasteiger charge is -2.47. The van der Waals surface area contributed by atoms with E-state index in [1.165, 1.54) is 0 Å². The highest BCUT2D eigenvalue weighted by molar-refractivity contribution is 4.96. The second-order valence-corrected chi connectivity index (χ2v) is 8.33. The predicted octanol–water partition coefficient (Wildman–Crippen LogP) is -7.57. The van der Waals surface area contributed by atoms with Gasteiger partial charge in [-0.15, -0.1) is 0 Å². The van der Waals surface area contributed by atoms with Gasteiger partial charge in [-0.05, 0) is 0 Å². The van der Waals surface area contributed by atoms with Gasteiger partial charge in [0.25, 0.3) is 0 Å². The molecule has 0 amide bonds. The summed E-state index contributed by atoms with van der Waals surface area (Å²) in [7, 11) is 0. The number of ether oxygens (including phenoxy) is 5. The Morgan fingerprint density at radius 2 is 0.941 bits per heavy atom. The zero-order valence-electron chi connectivity index (χ0n) is 17.7. The Hall–Kier alpha value is -0.640. The van der Waals surface area contributed by atoms with Crippen molar-refractivity contribution in [1.82, 2.24) is 0 Å². The van der Waals surface area contributed by atoms with Crippen molar-refractivity contribution in [1.29, 1.82) is 0 Å². The van der Waals surface area contributed by atoms with Crippen molar-refractivity contribution in [2.24, 2.45) is 0 Å². The summed E-state index contributed by atoms with van der Waals surface area (Å²) in [6.07, 6.45) is -25.4. The van der Waals surface area contributed by atoms with E-state index in [-0.39, 0.29) is 0 Å². The van der Waals surface area contributed by atoms with Crippen molar-refractivity contribution in [2.75, 3.05) is 19.8 Å². The molecule has 3 aliphatic rings. The van der Waals surface area contributed by atoms with Crippen LogP contribution in [0.3, 0.4) is 0 Å². The van der Waals surface area contributed by atoms with E-state index in [4.69, 9.17) is 23.7 Å². The normalized spacial score (nSPS) is 52.5. The zero-order chi connectivity index (χ0) is 25.3. The van der Waals surface area contributed by atoms with Crippen LogP contribution < -0.4 is 0 Å². The molecule has 15 atom stereocenters. The summed E-state index contributed by atoms with van der Waals surface area (Å²) in [5.41, 5.74) is 0. The molecule has 0 aromatic carbocycles. The molecule has 34 heavy (non-hydrogen) atoms. The molecule has 16 heteroatoms. The summed E-state index contributed by atoms with van der Waals surface area (Å²) in [6, 6.07) is 0. The highest BCUT2D eigenvalue weighted by Crippen LogP contribution is 2.32. The van der Waals surface area contributed by atoms with Gasteiger partial charge in [-0.3, -0.25) is 0 Å². The summed E-state index contributed by atoms with van der Waals surface area (Å²) in [5.74, 6) is 0. The zero-order valence-corrected chi connectivity index (χ0v) is 17.7. The minimum Gasteiger partial charge on any atom is -0.394 e. The van der Waals surface area contributed by atoms with E-state index in [2.05, 4.69) is 0 Å². The Labute approximate surface area is 192 Å². The first-order valence-corrected chi connectivity index (χ1v) is 10.6. The second kappa shape index (κ2) is 11.6. The van der Waals surface area contributed by atoms with E-state index < -0.39 is 112 Å². The maximum atomic E-state index is 10.8. The molecule has 200 valence electrons.